The van der Waals surface area contributed by atoms with E-state index < -0.39 is 16.8 Å². The zero-order chi connectivity index (χ0) is 14.2. The van der Waals surface area contributed by atoms with E-state index in [0.29, 0.717) is 4.47 Å². The first kappa shape index (κ1) is 13.6. The van der Waals surface area contributed by atoms with E-state index >= 15 is 0 Å². The third-order valence-electron chi connectivity index (χ3n) is 2.14. The minimum absolute atomic E-state index is 0.0415. The van der Waals surface area contributed by atoms with Gasteiger partial charge in [-0.25, -0.2) is 4.79 Å². The standard InChI is InChI=1S/C9H4Br2N4O4/c10-4-1-2-5(7(16)17)6(3-4)14-8(11)12-9(13-14)15(18)19/h1-3H,(H,16,17). The molecule has 0 fully saturated rings. The summed E-state index contributed by atoms with van der Waals surface area (Å²) < 4.78 is 1.70. The van der Waals surface area contributed by atoms with Gasteiger partial charge in [-0.2, -0.15) is 0 Å². The molecule has 1 heterocycles. The van der Waals surface area contributed by atoms with E-state index in [1.807, 2.05) is 0 Å². The van der Waals surface area contributed by atoms with Crippen molar-refractivity contribution in [3.05, 3.63) is 43.1 Å². The number of carboxylic acids is 1. The summed E-state index contributed by atoms with van der Waals surface area (Å²) in [5.41, 5.74) is 0.109. The highest BCUT2D eigenvalue weighted by atomic mass is 79.9. The zero-order valence-electron chi connectivity index (χ0n) is 8.95. The van der Waals surface area contributed by atoms with Crippen LogP contribution in [0.25, 0.3) is 5.69 Å². The largest absolute Gasteiger partial charge is 0.492 e. The fourth-order valence-corrected chi connectivity index (χ4v) is 2.15. The van der Waals surface area contributed by atoms with Crippen LogP contribution in [0.4, 0.5) is 5.95 Å². The minimum Gasteiger partial charge on any atom is -0.478 e. The molecule has 0 aliphatic carbocycles. The van der Waals surface area contributed by atoms with Crippen molar-refractivity contribution in [2.24, 2.45) is 0 Å². The molecule has 0 atom stereocenters. The molecule has 0 aliphatic rings. The Balaban J connectivity index is 2.67. The van der Waals surface area contributed by atoms with Crippen LogP contribution < -0.4 is 0 Å². The average Bonchev–Trinajstić information content (AvgIpc) is 2.71. The summed E-state index contributed by atoms with van der Waals surface area (Å²) in [7, 11) is 0. The summed E-state index contributed by atoms with van der Waals surface area (Å²) in [5, 5.41) is 23.3. The zero-order valence-corrected chi connectivity index (χ0v) is 12.1. The molecule has 0 amide bonds. The lowest BCUT2D eigenvalue weighted by atomic mass is 10.2. The van der Waals surface area contributed by atoms with Gasteiger partial charge in [-0.3, -0.25) is 0 Å². The van der Waals surface area contributed by atoms with Crippen LogP contribution in [-0.4, -0.2) is 30.8 Å². The lowest BCUT2D eigenvalue weighted by molar-refractivity contribution is -0.394. The second-order valence-corrected chi connectivity index (χ2v) is 4.94. The van der Waals surface area contributed by atoms with Crippen LogP contribution in [0.1, 0.15) is 10.4 Å². The fourth-order valence-electron chi connectivity index (χ4n) is 1.37. The van der Waals surface area contributed by atoms with E-state index in [0.717, 1.165) is 4.68 Å². The molecule has 1 aromatic carbocycles. The Bertz CT molecular complexity index is 685. The highest BCUT2D eigenvalue weighted by Crippen LogP contribution is 2.24. The molecule has 2 rings (SSSR count). The molecule has 0 unspecified atom stereocenters. The van der Waals surface area contributed by atoms with Crippen LogP contribution in [0.5, 0.6) is 0 Å². The van der Waals surface area contributed by atoms with Gasteiger partial charge in [-0.15, -0.1) is 4.68 Å². The number of aromatic carboxylic acids is 1. The topological polar surface area (TPSA) is 111 Å². The number of carboxylic acid groups (broad SMARTS) is 1. The number of nitrogens with zero attached hydrogens (tertiary/aromatic N) is 4. The number of rotatable bonds is 3. The van der Waals surface area contributed by atoms with Crippen molar-refractivity contribution >= 4 is 43.8 Å². The predicted octanol–water partition coefficient (Wildman–Crippen LogP) is 2.40. The number of benzene rings is 1. The Hall–Kier alpha value is -1.81. The maximum Gasteiger partial charge on any atom is 0.492 e. The van der Waals surface area contributed by atoms with Crippen LogP contribution in [0.2, 0.25) is 0 Å². The number of nitro groups is 1. The van der Waals surface area contributed by atoms with Gasteiger partial charge in [-0.1, -0.05) is 15.9 Å². The highest BCUT2D eigenvalue weighted by Gasteiger charge is 2.24. The van der Waals surface area contributed by atoms with Crippen LogP contribution in [0, 0.1) is 10.1 Å². The van der Waals surface area contributed by atoms with Crippen molar-refractivity contribution in [3.63, 3.8) is 0 Å². The summed E-state index contributed by atoms with van der Waals surface area (Å²) in [6.07, 6.45) is 0. The quantitative estimate of drug-likeness (QED) is 0.635. The van der Waals surface area contributed by atoms with Gasteiger partial charge in [0.05, 0.1) is 5.56 Å². The number of hydrogen-bond acceptors (Lipinski definition) is 5. The van der Waals surface area contributed by atoms with Gasteiger partial charge in [-0.05, 0) is 28.1 Å². The van der Waals surface area contributed by atoms with Gasteiger partial charge < -0.3 is 15.2 Å². The molecule has 0 spiro atoms. The maximum atomic E-state index is 11.1. The molecular weight excluding hydrogens is 388 g/mol. The Labute approximate surface area is 122 Å². The second kappa shape index (κ2) is 5.05. The molecule has 1 N–H and O–H groups in total. The van der Waals surface area contributed by atoms with Crippen molar-refractivity contribution in [3.8, 4) is 5.69 Å². The Morgan fingerprint density at radius 3 is 2.63 bits per heavy atom. The third kappa shape index (κ3) is 2.63. The molecule has 0 saturated carbocycles. The molecule has 10 heteroatoms. The van der Waals surface area contributed by atoms with Gasteiger partial charge in [0.1, 0.15) is 5.69 Å². The summed E-state index contributed by atoms with van der Waals surface area (Å²) in [6.45, 7) is 0. The SMILES string of the molecule is O=C(O)c1ccc(Br)cc1-n1nc([N+](=O)[O-])nc1Br. The highest BCUT2D eigenvalue weighted by molar-refractivity contribution is 9.10. The summed E-state index contributed by atoms with van der Waals surface area (Å²) >= 11 is 6.21. The maximum absolute atomic E-state index is 11.1. The Kier molecular flexibility index (Phi) is 3.62. The molecule has 0 bridgehead atoms. The van der Waals surface area contributed by atoms with Crippen molar-refractivity contribution in [1.29, 1.82) is 0 Å². The molecule has 98 valence electrons. The summed E-state index contributed by atoms with van der Waals surface area (Å²) in [4.78, 5) is 24.6. The van der Waals surface area contributed by atoms with Gasteiger partial charge in [0.15, 0.2) is 0 Å². The van der Waals surface area contributed by atoms with Gasteiger partial charge in [0.25, 0.3) is 4.73 Å². The summed E-state index contributed by atoms with van der Waals surface area (Å²) in [6, 6.07) is 4.39. The molecule has 8 nitrogen and oxygen atoms in total. The molecule has 0 saturated heterocycles. The normalized spacial score (nSPS) is 10.4. The van der Waals surface area contributed by atoms with E-state index in [1.54, 1.807) is 6.07 Å². The monoisotopic (exact) mass is 390 g/mol. The van der Waals surface area contributed by atoms with Crippen LogP contribution in [0.15, 0.2) is 27.4 Å². The van der Waals surface area contributed by atoms with E-state index in [4.69, 9.17) is 5.11 Å². The van der Waals surface area contributed by atoms with Gasteiger partial charge in [0, 0.05) is 25.5 Å². The van der Waals surface area contributed by atoms with E-state index in [1.165, 1.54) is 12.1 Å². The molecule has 0 aliphatic heterocycles. The van der Waals surface area contributed by atoms with Crippen molar-refractivity contribution in [1.82, 2.24) is 14.8 Å². The van der Waals surface area contributed by atoms with Crippen LogP contribution in [-0.2, 0) is 0 Å². The Morgan fingerprint density at radius 1 is 1.42 bits per heavy atom. The first-order chi connectivity index (χ1) is 8.90. The van der Waals surface area contributed by atoms with Crippen LogP contribution >= 0.6 is 31.9 Å². The third-order valence-corrected chi connectivity index (χ3v) is 3.14. The minimum atomic E-state index is -1.17. The smallest absolute Gasteiger partial charge is 0.478 e. The molecule has 19 heavy (non-hydrogen) atoms. The number of carbonyl (C=O) groups is 1. The number of aromatic nitrogens is 3. The number of halogens is 2. The molecule has 2 aromatic rings. The van der Waals surface area contributed by atoms with E-state index in [9.17, 15) is 14.9 Å². The predicted molar refractivity (Wildman–Crippen MR) is 70.4 cm³/mol. The second-order valence-electron chi connectivity index (χ2n) is 3.32. The first-order valence-electron chi connectivity index (χ1n) is 4.70. The molecule has 0 radical (unpaired) electrons. The summed E-state index contributed by atoms with van der Waals surface area (Å²) in [5.74, 6) is -1.80. The van der Waals surface area contributed by atoms with Gasteiger partial charge >= 0.3 is 11.9 Å². The molecule has 1 aromatic heterocycles. The molecular formula is C9H4Br2N4O4. The van der Waals surface area contributed by atoms with Crippen molar-refractivity contribution in [2.75, 3.05) is 0 Å². The van der Waals surface area contributed by atoms with E-state index in [-0.39, 0.29) is 16.0 Å². The van der Waals surface area contributed by atoms with Crippen molar-refractivity contribution < 1.29 is 14.8 Å². The van der Waals surface area contributed by atoms with Gasteiger partial charge in [0.2, 0.25) is 0 Å². The average molecular weight is 392 g/mol. The lowest BCUT2D eigenvalue weighted by Gasteiger charge is -2.03. The fraction of sp³-hybridized carbons (Fsp3) is 0. The van der Waals surface area contributed by atoms with E-state index in [2.05, 4.69) is 41.9 Å². The Morgan fingerprint density at radius 2 is 2.11 bits per heavy atom. The lowest BCUT2D eigenvalue weighted by Crippen LogP contribution is -2.07. The number of hydrogen-bond donors (Lipinski definition) is 1. The van der Waals surface area contributed by atoms with Crippen LogP contribution in [0.3, 0.4) is 0 Å². The first-order valence-corrected chi connectivity index (χ1v) is 6.29. The van der Waals surface area contributed by atoms with Crippen molar-refractivity contribution in [2.45, 2.75) is 0 Å².